The van der Waals surface area contributed by atoms with Crippen molar-refractivity contribution >= 4 is 17.7 Å². The highest BCUT2D eigenvalue weighted by molar-refractivity contribution is 6.09. The minimum atomic E-state index is -0.592. The maximum Gasteiger partial charge on any atom is 0.266 e. The molecule has 0 aliphatic carbocycles. The number of anilines is 1. The smallest absolute Gasteiger partial charge is 0.266 e. The summed E-state index contributed by atoms with van der Waals surface area (Å²) >= 11 is 0. The first kappa shape index (κ1) is 19.8. The molecule has 0 aliphatic rings. The van der Waals surface area contributed by atoms with Gasteiger partial charge in [-0.25, -0.2) is 8.78 Å². The molecular weight excluding hydrogens is 374 g/mol. The highest BCUT2D eigenvalue weighted by Crippen LogP contribution is 2.17. The van der Waals surface area contributed by atoms with Crippen LogP contribution in [0.5, 0.6) is 5.75 Å². The molecule has 3 rings (SSSR count). The first-order valence-electron chi connectivity index (χ1n) is 8.69. The van der Waals surface area contributed by atoms with Crippen molar-refractivity contribution in [2.75, 3.05) is 5.32 Å². The summed E-state index contributed by atoms with van der Waals surface area (Å²) in [6.45, 7) is 0.219. The van der Waals surface area contributed by atoms with Crippen molar-refractivity contribution in [2.24, 2.45) is 0 Å². The molecule has 3 aromatic carbocycles. The maximum atomic E-state index is 13.2. The maximum absolute atomic E-state index is 13.2. The molecule has 0 aromatic heterocycles. The monoisotopic (exact) mass is 390 g/mol. The Morgan fingerprint density at radius 2 is 1.72 bits per heavy atom. The number of amides is 1. The molecule has 144 valence electrons. The third-order valence-corrected chi connectivity index (χ3v) is 3.95. The lowest BCUT2D eigenvalue weighted by atomic mass is 10.1. The van der Waals surface area contributed by atoms with Gasteiger partial charge in [-0.3, -0.25) is 4.79 Å². The number of nitrogens with one attached hydrogen (secondary N) is 1. The summed E-state index contributed by atoms with van der Waals surface area (Å²) < 4.78 is 31.7. The van der Waals surface area contributed by atoms with E-state index in [1.807, 2.05) is 6.07 Å². The molecule has 4 nitrogen and oxygen atoms in total. The van der Waals surface area contributed by atoms with E-state index in [1.165, 1.54) is 42.5 Å². The minimum Gasteiger partial charge on any atom is -0.489 e. The summed E-state index contributed by atoms with van der Waals surface area (Å²) in [5.41, 5.74) is 1.63. The van der Waals surface area contributed by atoms with Crippen molar-refractivity contribution < 1.29 is 18.3 Å². The first-order valence-corrected chi connectivity index (χ1v) is 8.69. The third kappa shape index (κ3) is 5.75. The molecule has 1 amide bonds. The molecule has 0 radical (unpaired) electrons. The summed E-state index contributed by atoms with van der Waals surface area (Å²) in [4.78, 5) is 12.2. The highest BCUT2D eigenvalue weighted by Gasteiger charge is 2.09. The molecule has 0 saturated carbocycles. The largest absolute Gasteiger partial charge is 0.489 e. The van der Waals surface area contributed by atoms with Crippen LogP contribution in [0.15, 0.2) is 78.4 Å². The normalized spacial score (nSPS) is 10.9. The Morgan fingerprint density at radius 1 is 1.00 bits per heavy atom. The third-order valence-electron chi connectivity index (χ3n) is 3.95. The lowest BCUT2D eigenvalue weighted by molar-refractivity contribution is -0.112. The number of carbonyl (C=O) groups excluding carboxylic acids is 1. The Bertz CT molecular complexity index is 1070. The van der Waals surface area contributed by atoms with Crippen molar-refractivity contribution in [3.63, 3.8) is 0 Å². The van der Waals surface area contributed by atoms with Crippen LogP contribution < -0.4 is 10.1 Å². The van der Waals surface area contributed by atoms with E-state index in [4.69, 9.17) is 4.74 Å². The Kier molecular flexibility index (Phi) is 6.33. The SMILES string of the molecule is N#C/C(=C\c1ccc(OCc2cccc(F)c2)cc1)C(=O)Nc1ccc(F)cc1. The van der Waals surface area contributed by atoms with Gasteiger partial charge in [0.25, 0.3) is 5.91 Å². The van der Waals surface area contributed by atoms with Crippen molar-refractivity contribution in [3.05, 3.63) is 101 Å². The van der Waals surface area contributed by atoms with Crippen LogP contribution in [0.3, 0.4) is 0 Å². The predicted octanol–water partition coefficient (Wildman–Crippen LogP) is 5.09. The number of rotatable bonds is 6. The second-order valence-electron chi connectivity index (χ2n) is 6.12. The molecule has 29 heavy (non-hydrogen) atoms. The van der Waals surface area contributed by atoms with Gasteiger partial charge in [0.15, 0.2) is 0 Å². The van der Waals surface area contributed by atoms with Crippen molar-refractivity contribution in [1.29, 1.82) is 5.26 Å². The lowest BCUT2D eigenvalue weighted by Gasteiger charge is -2.07. The molecule has 0 fully saturated rings. The zero-order valence-corrected chi connectivity index (χ0v) is 15.2. The Morgan fingerprint density at radius 3 is 2.38 bits per heavy atom. The molecular formula is C23H16F2N2O2. The lowest BCUT2D eigenvalue weighted by Crippen LogP contribution is -2.13. The zero-order chi connectivity index (χ0) is 20.6. The molecule has 0 atom stereocenters. The van der Waals surface area contributed by atoms with E-state index in [1.54, 1.807) is 36.4 Å². The second-order valence-corrected chi connectivity index (χ2v) is 6.12. The quantitative estimate of drug-likeness (QED) is 0.471. The van der Waals surface area contributed by atoms with Crippen LogP contribution in [0.2, 0.25) is 0 Å². The predicted molar refractivity (Wildman–Crippen MR) is 106 cm³/mol. The van der Waals surface area contributed by atoms with E-state index in [-0.39, 0.29) is 18.0 Å². The van der Waals surface area contributed by atoms with Gasteiger partial charge in [-0.2, -0.15) is 5.26 Å². The van der Waals surface area contributed by atoms with Crippen LogP contribution in [0.25, 0.3) is 6.08 Å². The fourth-order valence-corrected chi connectivity index (χ4v) is 2.50. The molecule has 0 spiro atoms. The van der Waals surface area contributed by atoms with Gasteiger partial charge in [-0.05, 0) is 65.7 Å². The standard InChI is InChI=1S/C23H16F2N2O2/c24-19-6-8-21(9-7-19)27-23(28)18(14-26)12-16-4-10-22(11-5-16)29-15-17-2-1-3-20(25)13-17/h1-13H,15H2,(H,27,28)/b18-12+. The molecule has 6 heteroatoms. The summed E-state index contributed by atoms with van der Waals surface area (Å²) in [6, 6.07) is 20.0. The molecule has 0 heterocycles. The Balaban J connectivity index is 1.64. The van der Waals surface area contributed by atoms with E-state index in [0.29, 0.717) is 22.6 Å². The molecule has 3 aromatic rings. The van der Waals surface area contributed by atoms with Gasteiger partial charge in [0.1, 0.15) is 35.6 Å². The Labute approximate surface area is 166 Å². The van der Waals surface area contributed by atoms with Crippen LogP contribution in [0, 0.1) is 23.0 Å². The van der Waals surface area contributed by atoms with E-state index in [2.05, 4.69) is 5.32 Å². The minimum absolute atomic E-state index is 0.0947. The second kappa shape index (κ2) is 9.29. The van der Waals surface area contributed by atoms with Crippen LogP contribution in [-0.4, -0.2) is 5.91 Å². The highest BCUT2D eigenvalue weighted by atomic mass is 19.1. The number of carbonyl (C=O) groups is 1. The molecule has 0 saturated heterocycles. The summed E-state index contributed by atoms with van der Waals surface area (Å²) in [7, 11) is 0. The summed E-state index contributed by atoms with van der Waals surface area (Å²) in [5, 5.41) is 11.8. The average molecular weight is 390 g/mol. The molecule has 0 aliphatic heterocycles. The fraction of sp³-hybridized carbons (Fsp3) is 0.0435. The van der Waals surface area contributed by atoms with Gasteiger partial charge in [-0.15, -0.1) is 0 Å². The van der Waals surface area contributed by atoms with Gasteiger partial charge < -0.3 is 10.1 Å². The summed E-state index contributed by atoms with van der Waals surface area (Å²) in [6.07, 6.45) is 1.44. The topological polar surface area (TPSA) is 62.1 Å². The average Bonchev–Trinajstić information content (AvgIpc) is 2.73. The Hall–Kier alpha value is -3.98. The number of nitriles is 1. The number of halogens is 2. The number of hydrogen-bond acceptors (Lipinski definition) is 3. The number of hydrogen-bond donors (Lipinski definition) is 1. The van der Waals surface area contributed by atoms with Crippen LogP contribution in [0.1, 0.15) is 11.1 Å². The van der Waals surface area contributed by atoms with Gasteiger partial charge in [-0.1, -0.05) is 24.3 Å². The molecule has 1 N–H and O–H groups in total. The summed E-state index contributed by atoms with van der Waals surface area (Å²) in [5.74, 6) is -0.764. The van der Waals surface area contributed by atoms with Gasteiger partial charge >= 0.3 is 0 Å². The number of benzene rings is 3. The van der Waals surface area contributed by atoms with Gasteiger partial charge in [0.05, 0.1) is 0 Å². The van der Waals surface area contributed by atoms with Crippen molar-refractivity contribution in [1.82, 2.24) is 0 Å². The first-order chi connectivity index (χ1) is 14.0. The van der Waals surface area contributed by atoms with E-state index in [9.17, 15) is 18.8 Å². The number of nitrogens with zero attached hydrogens (tertiary/aromatic N) is 1. The fourth-order valence-electron chi connectivity index (χ4n) is 2.50. The number of ether oxygens (including phenoxy) is 1. The van der Waals surface area contributed by atoms with Crippen LogP contribution in [0.4, 0.5) is 14.5 Å². The molecule has 0 unspecified atom stereocenters. The van der Waals surface area contributed by atoms with Crippen LogP contribution >= 0.6 is 0 Å². The van der Waals surface area contributed by atoms with E-state index >= 15 is 0 Å². The van der Waals surface area contributed by atoms with Crippen molar-refractivity contribution in [2.45, 2.75) is 6.61 Å². The van der Waals surface area contributed by atoms with Crippen molar-refractivity contribution in [3.8, 4) is 11.8 Å². The van der Waals surface area contributed by atoms with E-state index < -0.39 is 11.7 Å². The van der Waals surface area contributed by atoms with Crippen LogP contribution in [-0.2, 0) is 11.4 Å². The van der Waals surface area contributed by atoms with Gasteiger partial charge in [0.2, 0.25) is 0 Å². The van der Waals surface area contributed by atoms with E-state index in [0.717, 1.165) is 0 Å². The zero-order valence-electron chi connectivity index (χ0n) is 15.2. The van der Waals surface area contributed by atoms with Gasteiger partial charge in [0, 0.05) is 5.69 Å². The molecule has 0 bridgehead atoms.